The molecular weight excluding hydrogens is 238 g/mol. The Morgan fingerprint density at radius 3 is 2.89 bits per heavy atom. The molecule has 0 bridgehead atoms. The summed E-state index contributed by atoms with van der Waals surface area (Å²) < 4.78 is 2.01. The maximum absolute atomic E-state index is 12.6. The molecule has 98 valence electrons. The number of benzene rings is 1. The molecule has 19 heavy (non-hydrogen) atoms. The number of aryl methyl sites for hydroxylation is 2. The Balaban J connectivity index is 1.87. The number of carbonyl (C=O) groups excluding carboxylic acids is 1. The minimum absolute atomic E-state index is 0.116. The Labute approximate surface area is 112 Å². The Hall–Kier alpha value is -2.10. The lowest BCUT2D eigenvalue weighted by Crippen LogP contribution is -2.36. The first-order chi connectivity index (χ1) is 9.16. The highest BCUT2D eigenvalue weighted by atomic mass is 16.2. The van der Waals surface area contributed by atoms with Crippen molar-refractivity contribution in [2.75, 3.05) is 6.54 Å². The third-order valence-electron chi connectivity index (χ3n) is 3.77. The van der Waals surface area contributed by atoms with Crippen LogP contribution in [-0.4, -0.2) is 26.9 Å². The molecule has 1 amide bonds. The second-order valence-electron chi connectivity index (χ2n) is 5.04. The van der Waals surface area contributed by atoms with Crippen molar-refractivity contribution in [1.29, 1.82) is 0 Å². The normalized spacial score (nSPS) is 14.3. The Morgan fingerprint density at radius 2 is 2.11 bits per heavy atom. The van der Waals surface area contributed by atoms with Gasteiger partial charge in [-0.3, -0.25) is 4.79 Å². The first-order valence-electron chi connectivity index (χ1n) is 6.51. The van der Waals surface area contributed by atoms with Crippen molar-refractivity contribution in [3.8, 4) is 0 Å². The van der Waals surface area contributed by atoms with Gasteiger partial charge in [0.25, 0.3) is 5.91 Å². The molecule has 0 saturated heterocycles. The molecule has 1 aliphatic rings. The molecule has 2 heterocycles. The van der Waals surface area contributed by atoms with Crippen LogP contribution < -0.4 is 0 Å². The lowest BCUT2D eigenvalue weighted by Gasteiger charge is -2.27. The molecule has 0 N–H and O–H groups in total. The summed E-state index contributed by atoms with van der Waals surface area (Å²) in [6, 6.07) is 7.75. The van der Waals surface area contributed by atoms with Gasteiger partial charge in [0.2, 0.25) is 0 Å². The molecule has 1 aromatic carbocycles. The van der Waals surface area contributed by atoms with Gasteiger partial charge in [-0.05, 0) is 18.6 Å². The van der Waals surface area contributed by atoms with Gasteiger partial charge in [-0.1, -0.05) is 18.2 Å². The average molecular weight is 255 g/mol. The van der Waals surface area contributed by atoms with Crippen molar-refractivity contribution in [2.24, 2.45) is 7.05 Å². The largest absolute Gasteiger partial charge is 0.336 e. The number of aromatic nitrogens is 2. The van der Waals surface area contributed by atoms with E-state index in [2.05, 4.69) is 4.98 Å². The quantitative estimate of drug-likeness (QED) is 0.781. The van der Waals surface area contributed by atoms with Crippen LogP contribution in [0.15, 0.2) is 30.6 Å². The highest BCUT2D eigenvalue weighted by Gasteiger charge is 2.24. The van der Waals surface area contributed by atoms with Gasteiger partial charge in [-0.2, -0.15) is 0 Å². The van der Waals surface area contributed by atoms with Crippen molar-refractivity contribution < 1.29 is 4.79 Å². The molecule has 2 aromatic rings. The molecule has 0 unspecified atom stereocenters. The fraction of sp³-hybridized carbons (Fsp3) is 0.333. The summed E-state index contributed by atoms with van der Waals surface area (Å²) in [5.74, 6) is 0.116. The van der Waals surface area contributed by atoms with Gasteiger partial charge in [0.15, 0.2) is 0 Å². The average Bonchev–Trinajstić information content (AvgIpc) is 2.80. The van der Waals surface area contributed by atoms with Gasteiger partial charge in [0.05, 0.1) is 24.3 Å². The minimum atomic E-state index is 0.116. The molecule has 4 nitrogen and oxygen atoms in total. The summed E-state index contributed by atoms with van der Waals surface area (Å²) >= 11 is 0. The van der Waals surface area contributed by atoms with Crippen LogP contribution in [0, 0.1) is 6.92 Å². The molecular formula is C15H17N3O. The molecule has 0 aliphatic carbocycles. The maximum atomic E-state index is 12.6. The van der Waals surface area contributed by atoms with Gasteiger partial charge >= 0.3 is 0 Å². The van der Waals surface area contributed by atoms with Crippen molar-refractivity contribution in [3.05, 3.63) is 53.1 Å². The van der Waals surface area contributed by atoms with Crippen LogP contribution in [-0.2, 0) is 20.0 Å². The number of hydrogen-bond acceptors (Lipinski definition) is 2. The lowest BCUT2D eigenvalue weighted by molar-refractivity contribution is 0.0729. The highest BCUT2D eigenvalue weighted by molar-refractivity contribution is 5.95. The molecule has 1 aliphatic heterocycles. The van der Waals surface area contributed by atoms with Crippen LogP contribution in [0.3, 0.4) is 0 Å². The predicted octanol–water partition coefficient (Wildman–Crippen LogP) is 1.93. The van der Waals surface area contributed by atoms with E-state index in [1.54, 1.807) is 0 Å². The molecule has 4 heteroatoms. The summed E-state index contributed by atoms with van der Waals surface area (Å²) in [7, 11) is 1.98. The second kappa shape index (κ2) is 4.53. The number of nitrogens with zero attached hydrogens (tertiary/aromatic N) is 3. The predicted molar refractivity (Wildman–Crippen MR) is 72.8 cm³/mol. The SMILES string of the molecule is Cc1ccccc1C(=O)N1CCc2ncn(C)c2C1. The van der Waals surface area contributed by atoms with Gasteiger partial charge in [-0.15, -0.1) is 0 Å². The smallest absolute Gasteiger partial charge is 0.254 e. The van der Waals surface area contributed by atoms with Crippen LogP contribution in [0.4, 0.5) is 0 Å². The Kier molecular flexibility index (Phi) is 2.85. The number of fused-ring (bicyclic) bond motifs is 1. The number of carbonyl (C=O) groups is 1. The van der Waals surface area contributed by atoms with Crippen molar-refractivity contribution >= 4 is 5.91 Å². The van der Waals surface area contributed by atoms with E-state index in [0.717, 1.165) is 35.5 Å². The number of rotatable bonds is 1. The molecule has 0 fully saturated rings. The number of amides is 1. The highest BCUT2D eigenvalue weighted by Crippen LogP contribution is 2.20. The standard InChI is InChI=1S/C15H17N3O/c1-11-5-3-4-6-12(11)15(19)18-8-7-13-14(9-18)17(2)10-16-13/h3-6,10H,7-9H2,1-2H3. The van der Waals surface area contributed by atoms with E-state index in [1.807, 2.05) is 54.0 Å². The molecule has 3 rings (SSSR count). The summed E-state index contributed by atoms with van der Waals surface area (Å²) in [5.41, 5.74) is 4.10. The van der Waals surface area contributed by atoms with Gasteiger partial charge in [0, 0.05) is 25.6 Å². The Morgan fingerprint density at radius 1 is 1.32 bits per heavy atom. The van der Waals surface area contributed by atoms with Gasteiger partial charge < -0.3 is 9.47 Å². The monoisotopic (exact) mass is 255 g/mol. The summed E-state index contributed by atoms with van der Waals surface area (Å²) in [6.45, 7) is 3.38. The van der Waals surface area contributed by atoms with Crippen LogP contribution in [0.2, 0.25) is 0 Å². The van der Waals surface area contributed by atoms with E-state index >= 15 is 0 Å². The number of hydrogen-bond donors (Lipinski definition) is 0. The second-order valence-corrected chi connectivity index (χ2v) is 5.04. The zero-order chi connectivity index (χ0) is 13.4. The first-order valence-corrected chi connectivity index (χ1v) is 6.51. The van der Waals surface area contributed by atoms with E-state index in [1.165, 1.54) is 0 Å². The van der Waals surface area contributed by atoms with Gasteiger partial charge in [-0.25, -0.2) is 4.98 Å². The zero-order valence-corrected chi connectivity index (χ0v) is 11.3. The minimum Gasteiger partial charge on any atom is -0.336 e. The first kappa shape index (κ1) is 12.0. The third-order valence-corrected chi connectivity index (χ3v) is 3.77. The van der Waals surface area contributed by atoms with Crippen molar-refractivity contribution in [1.82, 2.24) is 14.5 Å². The van der Waals surface area contributed by atoms with E-state index in [-0.39, 0.29) is 5.91 Å². The van der Waals surface area contributed by atoms with Crippen molar-refractivity contribution in [3.63, 3.8) is 0 Å². The fourth-order valence-corrected chi connectivity index (χ4v) is 2.57. The molecule has 0 atom stereocenters. The van der Waals surface area contributed by atoms with Crippen molar-refractivity contribution in [2.45, 2.75) is 19.9 Å². The molecule has 0 saturated carbocycles. The fourth-order valence-electron chi connectivity index (χ4n) is 2.57. The topological polar surface area (TPSA) is 38.1 Å². The Bertz CT molecular complexity index is 630. The zero-order valence-electron chi connectivity index (χ0n) is 11.3. The summed E-state index contributed by atoms with van der Waals surface area (Å²) in [5, 5.41) is 0. The van der Waals surface area contributed by atoms with Crippen LogP contribution in [0.5, 0.6) is 0 Å². The lowest BCUT2D eigenvalue weighted by atomic mass is 10.1. The number of imidazole rings is 1. The van der Waals surface area contributed by atoms with E-state index in [4.69, 9.17) is 0 Å². The maximum Gasteiger partial charge on any atom is 0.254 e. The third kappa shape index (κ3) is 2.03. The summed E-state index contributed by atoms with van der Waals surface area (Å²) in [4.78, 5) is 18.8. The molecule has 1 aromatic heterocycles. The molecule has 0 spiro atoms. The van der Waals surface area contributed by atoms with Crippen LogP contribution >= 0.6 is 0 Å². The van der Waals surface area contributed by atoms with Gasteiger partial charge in [0.1, 0.15) is 0 Å². The summed E-state index contributed by atoms with van der Waals surface area (Å²) in [6.07, 6.45) is 2.67. The molecule has 0 radical (unpaired) electrons. The van der Waals surface area contributed by atoms with E-state index in [0.29, 0.717) is 6.54 Å². The van der Waals surface area contributed by atoms with Crippen LogP contribution in [0.25, 0.3) is 0 Å². The van der Waals surface area contributed by atoms with E-state index < -0.39 is 0 Å². The van der Waals surface area contributed by atoms with E-state index in [9.17, 15) is 4.79 Å². The van der Waals surface area contributed by atoms with Crippen LogP contribution in [0.1, 0.15) is 27.3 Å².